The molecule has 30 heavy (non-hydrogen) atoms. The van der Waals surface area contributed by atoms with Crippen LogP contribution in [0.25, 0.3) is 27.9 Å². The predicted molar refractivity (Wildman–Crippen MR) is 122 cm³/mol. The number of carbonyl (C=O) groups is 1. The van der Waals surface area contributed by atoms with Crippen molar-refractivity contribution in [1.82, 2.24) is 14.5 Å². The first-order chi connectivity index (χ1) is 14.4. The number of carbonyl (C=O) groups excluding carboxylic acids is 1. The summed E-state index contributed by atoms with van der Waals surface area (Å²) in [4.78, 5) is 20.6. The van der Waals surface area contributed by atoms with E-state index in [1.54, 1.807) is 6.92 Å². The lowest BCUT2D eigenvalue weighted by Gasteiger charge is -2.20. The Morgan fingerprint density at radius 1 is 1.27 bits per heavy atom. The molecule has 7 nitrogen and oxygen atoms in total. The molecule has 0 spiro atoms. The number of amides is 1. The topological polar surface area (TPSA) is 112 Å². The molecule has 1 amide bonds. The molecular weight excluding hydrogens is 376 g/mol. The summed E-state index contributed by atoms with van der Waals surface area (Å²) in [5, 5.41) is 3.71. The molecule has 7 heteroatoms. The van der Waals surface area contributed by atoms with Crippen molar-refractivity contribution in [1.29, 1.82) is 0 Å². The maximum Gasteiger partial charge on any atom is 0.250 e. The molecule has 1 atom stereocenters. The van der Waals surface area contributed by atoms with E-state index < -0.39 is 0 Å². The minimum atomic E-state index is -0.195. The molecule has 1 aliphatic rings. The van der Waals surface area contributed by atoms with Crippen LogP contribution in [0.2, 0.25) is 0 Å². The van der Waals surface area contributed by atoms with E-state index in [2.05, 4.69) is 32.5 Å². The van der Waals surface area contributed by atoms with Crippen LogP contribution in [-0.4, -0.2) is 26.5 Å². The maximum atomic E-state index is 11.9. The summed E-state index contributed by atoms with van der Waals surface area (Å²) >= 11 is 0. The first-order valence-electron chi connectivity index (χ1n) is 9.98. The minimum Gasteiger partial charge on any atom is -0.383 e. The van der Waals surface area contributed by atoms with Gasteiger partial charge >= 0.3 is 0 Å². The summed E-state index contributed by atoms with van der Waals surface area (Å²) in [5.74, 6) is 0.276. The molecule has 2 heterocycles. The molecule has 0 saturated heterocycles. The van der Waals surface area contributed by atoms with Crippen molar-refractivity contribution >= 4 is 34.0 Å². The van der Waals surface area contributed by atoms with Gasteiger partial charge in [0.25, 0.3) is 5.91 Å². The molecule has 1 aliphatic carbocycles. The van der Waals surface area contributed by atoms with E-state index in [0.29, 0.717) is 17.1 Å². The predicted octanol–water partition coefficient (Wildman–Crippen LogP) is 3.63. The van der Waals surface area contributed by atoms with Crippen LogP contribution in [0.4, 0.5) is 11.5 Å². The fraction of sp³-hybridized carbons (Fsp3) is 0.261. The van der Waals surface area contributed by atoms with Crippen molar-refractivity contribution in [2.75, 3.05) is 11.1 Å². The molecule has 0 radical (unpaired) electrons. The zero-order valence-corrected chi connectivity index (χ0v) is 17.3. The zero-order chi connectivity index (χ0) is 21.4. The number of anilines is 2. The number of nitrogens with one attached hydrogen (secondary N) is 1. The third kappa shape index (κ3) is 3.48. The molecule has 154 valence electrons. The molecule has 0 aliphatic heterocycles. The van der Waals surface area contributed by atoms with Crippen LogP contribution in [0.5, 0.6) is 0 Å². The third-order valence-corrected chi connectivity index (χ3v) is 5.57. The molecule has 2 aromatic heterocycles. The van der Waals surface area contributed by atoms with Gasteiger partial charge in [0.05, 0.1) is 11.1 Å². The molecule has 3 aromatic rings. The quantitative estimate of drug-likeness (QED) is 0.577. The Balaban J connectivity index is 1.86. The number of fused-ring (bicyclic) bond motifs is 1. The van der Waals surface area contributed by atoms with Crippen LogP contribution in [0, 0.1) is 0 Å². The number of nitrogen functional groups attached to an aromatic ring is 1. The van der Waals surface area contributed by atoms with Crippen LogP contribution in [0.3, 0.4) is 0 Å². The fourth-order valence-electron chi connectivity index (χ4n) is 3.96. The minimum absolute atomic E-state index is 0.192. The van der Waals surface area contributed by atoms with Gasteiger partial charge in [-0.15, -0.1) is 0 Å². The van der Waals surface area contributed by atoms with E-state index in [-0.39, 0.29) is 11.9 Å². The molecule has 0 fully saturated rings. The Kier molecular flexibility index (Phi) is 5.13. The van der Waals surface area contributed by atoms with Gasteiger partial charge in [-0.25, -0.2) is 9.97 Å². The SMILES string of the molecule is C=C(C)C(=O)Nc1ccc(-c2c(C3=CC[C@@H](N)CC3)c3c(N)ncnc3n2C)cc1. The Labute approximate surface area is 175 Å². The van der Waals surface area contributed by atoms with Gasteiger partial charge in [-0.05, 0) is 49.5 Å². The lowest BCUT2D eigenvalue weighted by atomic mass is 9.88. The van der Waals surface area contributed by atoms with Gasteiger partial charge in [0.15, 0.2) is 0 Å². The van der Waals surface area contributed by atoms with Crippen molar-refractivity contribution in [2.45, 2.75) is 32.2 Å². The van der Waals surface area contributed by atoms with Gasteiger partial charge in [0.2, 0.25) is 0 Å². The summed E-state index contributed by atoms with van der Waals surface area (Å²) < 4.78 is 2.06. The number of rotatable bonds is 4. The van der Waals surface area contributed by atoms with Crippen molar-refractivity contribution in [3.8, 4) is 11.3 Å². The first-order valence-corrected chi connectivity index (χ1v) is 9.98. The number of aryl methyl sites for hydroxylation is 1. The molecule has 0 saturated carbocycles. The highest BCUT2D eigenvalue weighted by Crippen LogP contribution is 2.41. The number of hydrogen-bond donors (Lipinski definition) is 3. The second-order valence-electron chi connectivity index (χ2n) is 7.82. The summed E-state index contributed by atoms with van der Waals surface area (Å²) in [5.41, 5.74) is 18.7. The van der Waals surface area contributed by atoms with E-state index in [4.69, 9.17) is 11.5 Å². The van der Waals surface area contributed by atoms with Gasteiger partial charge in [-0.3, -0.25) is 4.79 Å². The van der Waals surface area contributed by atoms with Gasteiger partial charge < -0.3 is 21.4 Å². The normalized spacial score (nSPS) is 16.4. The van der Waals surface area contributed by atoms with E-state index in [1.165, 1.54) is 11.9 Å². The fourth-order valence-corrected chi connectivity index (χ4v) is 3.96. The molecule has 1 aromatic carbocycles. The highest BCUT2D eigenvalue weighted by Gasteiger charge is 2.24. The zero-order valence-electron chi connectivity index (χ0n) is 17.3. The molecule has 0 unspecified atom stereocenters. The van der Waals surface area contributed by atoms with E-state index in [0.717, 1.165) is 47.1 Å². The Morgan fingerprint density at radius 3 is 2.63 bits per heavy atom. The Hall–Kier alpha value is -3.45. The lowest BCUT2D eigenvalue weighted by Crippen LogP contribution is -2.21. The van der Waals surface area contributed by atoms with Crippen molar-refractivity contribution in [3.63, 3.8) is 0 Å². The smallest absolute Gasteiger partial charge is 0.250 e. The Morgan fingerprint density at radius 2 is 2.00 bits per heavy atom. The van der Waals surface area contributed by atoms with E-state index in [1.807, 2.05) is 31.3 Å². The van der Waals surface area contributed by atoms with Crippen molar-refractivity contribution in [2.24, 2.45) is 12.8 Å². The van der Waals surface area contributed by atoms with E-state index >= 15 is 0 Å². The molecule has 0 bridgehead atoms. The summed E-state index contributed by atoms with van der Waals surface area (Å²) in [7, 11) is 1.99. The van der Waals surface area contributed by atoms with Crippen LogP contribution in [0.1, 0.15) is 31.7 Å². The highest BCUT2D eigenvalue weighted by molar-refractivity contribution is 6.05. The van der Waals surface area contributed by atoms with Crippen LogP contribution in [-0.2, 0) is 11.8 Å². The second kappa shape index (κ2) is 7.76. The van der Waals surface area contributed by atoms with Gasteiger partial charge in [0.1, 0.15) is 17.8 Å². The monoisotopic (exact) mass is 402 g/mol. The lowest BCUT2D eigenvalue weighted by molar-refractivity contribution is -0.112. The second-order valence-corrected chi connectivity index (χ2v) is 7.82. The Bertz CT molecular complexity index is 1170. The van der Waals surface area contributed by atoms with Crippen molar-refractivity contribution < 1.29 is 4.79 Å². The van der Waals surface area contributed by atoms with Crippen LogP contribution >= 0.6 is 0 Å². The summed E-state index contributed by atoms with van der Waals surface area (Å²) in [6.07, 6.45) is 6.35. The molecule has 5 N–H and O–H groups in total. The standard InChI is InChI=1S/C23H26N6O/c1-13(2)23(30)28-17-10-6-15(7-11-17)20-18(14-4-8-16(24)9-5-14)19-21(25)26-12-27-22(19)29(20)3/h4,6-7,10-12,16H,1,5,8-9,24H2,2-3H3,(H,28,30)(H2,25,26,27)/t16-/m1/s1. The van der Waals surface area contributed by atoms with Gasteiger partial charge in [0, 0.05) is 29.9 Å². The maximum absolute atomic E-state index is 11.9. The van der Waals surface area contributed by atoms with Crippen LogP contribution in [0.15, 0.2) is 48.8 Å². The van der Waals surface area contributed by atoms with Crippen molar-refractivity contribution in [3.05, 3.63) is 54.4 Å². The van der Waals surface area contributed by atoms with Crippen LogP contribution < -0.4 is 16.8 Å². The highest BCUT2D eigenvalue weighted by atomic mass is 16.1. The average molecular weight is 403 g/mol. The number of aromatic nitrogens is 3. The summed E-state index contributed by atoms with van der Waals surface area (Å²) in [6.45, 7) is 5.36. The largest absolute Gasteiger partial charge is 0.383 e. The average Bonchev–Trinajstić information content (AvgIpc) is 3.03. The number of nitrogens with zero attached hydrogens (tertiary/aromatic N) is 3. The molecular formula is C23H26N6O. The van der Waals surface area contributed by atoms with Gasteiger partial charge in [-0.1, -0.05) is 24.8 Å². The van der Waals surface area contributed by atoms with E-state index in [9.17, 15) is 4.79 Å². The number of hydrogen-bond acceptors (Lipinski definition) is 5. The number of benzene rings is 1. The summed E-state index contributed by atoms with van der Waals surface area (Å²) in [6, 6.07) is 7.95. The third-order valence-electron chi connectivity index (χ3n) is 5.57. The number of allylic oxidation sites excluding steroid dienone is 1. The first kappa shape index (κ1) is 19.8. The number of nitrogens with two attached hydrogens (primary N) is 2. The van der Waals surface area contributed by atoms with Gasteiger partial charge in [-0.2, -0.15) is 0 Å². The molecule has 4 rings (SSSR count).